The number of hydrogen-bond donors (Lipinski definition) is 1. The van der Waals surface area contributed by atoms with Crippen molar-refractivity contribution in [2.75, 3.05) is 0 Å². The Bertz CT molecular complexity index is 799. The number of imidazole rings is 1. The number of nitrogens with zero attached hydrogens (tertiary/aromatic N) is 2. The Hall–Kier alpha value is -2.09. The molecule has 0 saturated heterocycles. The zero-order valence-corrected chi connectivity index (χ0v) is 15.5. The molecule has 1 amide bonds. The zero-order valence-electron chi connectivity index (χ0n) is 14.7. The summed E-state index contributed by atoms with van der Waals surface area (Å²) in [4.78, 5) is 16.1. The Morgan fingerprint density at radius 3 is 2.54 bits per heavy atom. The van der Waals surface area contributed by atoms with E-state index in [0.717, 1.165) is 36.2 Å². The zero-order chi connectivity index (χ0) is 18.8. The number of benzene rings is 1. The molecule has 2 N–H and O–H groups in total. The minimum absolute atomic E-state index is 0.0279. The number of carbonyl (C=O) groups is 1. The van der Waals surface area contributed by atoms with Gasteiger partial charge < -0.3 is 15.0 Å². The molecule has 0 spiro atoms. The van der Waals surface area contributed by atoms with Gasteiger partial charge in [-0.25, -0.2) is 18.6 Å². The third kappa shape index (κ3) is 4.55. The van der Waals surface area contributed by atoms with Crippen LogP contribution in [0.2, 0.25) is 0 Å². The van der Waals surface area contributed by atoms with Gasteiger partial charge in [0.2, 0.25) is 0 Å². The van der Waals surface area contributed by atoms with E-state index in [-0.39, 0.29) is 12.5 Å². The molecule has 0 radical (unpaired) electrons. The molecule has 5 nitrogen and oxygen atoms in total. The van der Waals surface area contributed by atoms with Crippen molar-refractivity contribution in [1.82, 2.24) is 9.55 Å². The molecule has 1 saturated carbocycles. The standard InChI is InChI=1S/C18H21F2N3O2S/c1-10(2)16-17(26-14-6-12(19)5-13(20)7-14)23(8-11-3-4-11)15(22-16)9-25-18(21)24/h5-7,10-11H,3-4,8-9H2,1-2H3,(H2,21,24). The number of halogens is 2. The normalized spacial score (nSPS) is 14.0. The van der Waals surface area contributed by atoms with E-state index in [0.29, 0.717) is 16.6 Å². The first kappa shape index (κ1) is 18.7. The highest BCUT2D eigenvalue weighted by molar-refractivity contribution is 7.99. The highest BCUT2D eigenvalue weighted by Gasteiger charge is 2.28. The Labute approximate surface area is 154 Å². The molecule has 1 aromatic heterocycles. The fourth-order valence-electron chi connectivity index (χ4n) is 2.68. The van der Waals surface area contributed by atoms with E-state index in [2.05, 4.69) is 4.98 Å². The molecule has 0 unspecified atom stereocenters. The number of ether oxygens (including phenoxy) is 1. The summed E-state index contributed by atoms with van der Waals surface area (Å²) in [7, 11) is 0. The van der Waals surface area contributed by atoms with Crippen LogP contribution in [0.5, 0.6) is 0 Å². The Morgan fingerprint density at radius 2 is 2.00 bits per heavy atom. The molecule has 0 bridgehead atoms. The maximum atomic E-state index is 13.6. The number of nitrogens with two attached hydrogens (primary N) is 1. The molecular weight excluding hydrogens is 360 g/mol. The highest BCUT2D eigenvalue weighted by Crippen LogP contribution is 2.39. The molecule has 1 aliphatic carbocycles. The van der Waals surface area contributed by atoms with Crippen LogP contribution in [0.3, 0.4) is 0 Å². The summed E-state index contributed by atoms with van der Waals surface area (Å²) in [5.41, 5.74) is 5.89. The maximum Gasteiger partial charge on any atom is 0.404 e. The maximum absolute atomic E-state index is 13.6. The minimum atomic E-state index is -0.863. The molecule has 140 valence electrons. The predicted molar refractivity (Wildman–Crippen MR) is 93.9 cm³/mol. The summed E-state index contributed by atoms with van der Waals surface area (Å²) in [5.74, 6) is -0.00382. The SMILES string of the molecule is CC(C)c1nc(COC(N)=O)n(CC2CC2)c1Sc1cc(F)cc(F)c1. The summed E-state index contributed by atoms with van der Waals surface area (Å²) in [6.45, 7) is 4.70. The molecule has 1 heterocycles. The lowest BCUT2D eigenvalue weighted by atomic mass is 10.1. The quantitative estimate of drug-likeness (QED) is 0.770. The molecule has 3 rings (SSSR count). The molecule has 8 heteroatoms. The van der Waals surface area contributed by atoms with Gasteiger partial charge in [0.05, 0.1) is 5.69 Å². The van der Waals surface area contributed by atoms with E-state index in [1.165, 1.54) is 23.9 Å². The number of hydrogen-bond acceptors (Lipinski definition) is 4. The molecule has 1 aromatic carbocycles. The van der Waals surface area contributed by atoms with Crippen molar-refractivity contribution < 1.29 is 18.3 Å². The molecule has 1 aliphatic rings. The van der Waals surface area contributed by atoms with Gasteiger partial charge in [-0.15, -0.1) is 0 Å². The summed E-state index contributed by atoms with van der Waals surface area (Å²) < 4.78 is 34.1. The van der Waals surface area contributed by atoms with Gasteiger partial charge in [0.15, 0.2) is 6.61 Å². The van der Waals surface area contributed by atoms with Gasteiger partial charge in [-0.3, -0.25) is 0 Å². The lowest BCUT2D eigenvalue weighted by Gasteiger charge is -2.13. The predicted octanol–water partition coefficient (Wildman–Crippen LogP) is 4.44. The van der Waals surface area contributed by atoms with Crippen LogP contribution in [0.1, 0.15) is 44.1 Å². The van der Waals surface area contributed by atoms with Gasteiger partial charge >= 0.3 is 6.09 Å². The van der Waals surface area contributed by atoms with Crippen molar-refractivity contribution in [1.29, 1.82) is 0 Å². The van der Waals surface area contributed by atoms with Crippen molar-refractivity contribution in [3.05, 3.63) is 41.4 Å². The van der Waals surface area contributed by atoms with Crippen LogP contribution in [0.15, 0.2) is 28.1 Å². The summed E-state index contributed by atoms with van der Waals surface area (Å²) in [6.07, 6.45) is 1.40. The fraction of sp³-hybridized carbons (Fsp3) is 0.444. The Kier molecular flexibility index (Phi) is 5.50. The van der Waals surface area contributed by atoms with Crippen LogP contribution in [0, 0.1) is 17.6 Å². The first-order valence-electron chi connectivity index (χ1n) is 8.49. The van der Waals surface area contributed by atoms with Gasteiger partial charge in [0, 0.05) is 17.5 Å². The molecule has 2 aromatic rings. The van der Waals surface area contributed by atoms with E-state index in [4.69, 9.17) is 10.5 Å². The average Bonchev–Trinajstić information content (AvgIpc) is 3.28. The van der Waals surface area contributed by atoms with Crippen molar-refractivity contribution in [3.8, 4) is 0 Å². The van der Waals surface area contributed by atoms with E-state index in [9.17, 15) is 13.6 Å². The third-order valence-corrected chi connectivity index (χ3v) is 5.20. The number of amides is 1. The topological polar surface area (TPSA) is 70.1 Å². The van der Waals surface area contributed by atoms with Crippen LogP contribution in [-0.2, 0) is 17.9 Å². The number of carbonyl (C=O) groups excluding carboxylic acids is 1. The number of rotatable bonds is 7. The minimum Gasteiger partial charge on any atom is -0.442 e. The van der Waals surface area contributed by atoms with Crippen LogP contribution < -0.4 is 5.73 Å². The van der Waals surface area contributed by atoms with Gasteiger partial charge in [0.1, 0.15) is 22.5 Å². The second kappa shape index (κ2) is 7.65. The van der Waals surface area contributed by atoms with E-state index < -0.39 is 17.7 Å². The Balaban J connectivity index is 2.00. The Morgan fingerprint density at radius 1 is 1.35 bits per heavy atom. The fourth-order valence-corrected chi connectivity index (χ4v) is 3.92. The van der Waals surface area contributed by atoms with E-state index >= 15 is 0 Å². The first-order chi connectivity index (χ1) is 12.3. The van der Waals surface area contributed by atoms with E-state index in [1.807, 2.05) is 18.4 Å². The number of primary amides is 1. The first-order valence-corrected chi connectivity index (χ1v) is 9.30. The van der Waals surface area contributed by atoms with Gasteiger partial charge in [0.25, 0.3) is 0 Å². The van der Waals surface area contributed by atoms with E-state index in [1.54, 1.807) is 0 Å². The van der Waals surface area contributed by atoms with Crippen molar-refractivity contribution >= 4 is 17.9 Å². The van der Waals surface area contributed by atoms with Crippen molar-refractivity contribution in [3.63, 3.8) is 0 Å². The van der Waals surface area contributed by atoms with Crippen LogP contribution in [0.25, 0.3) is 0 Å². The van der Waals surface area contributed by atoms with Crippen LogP contribution in [-0.4, -0.2) is 15.6 Å². The smallest absolute Gasteiger partial charge is 0.404 e. The highest BCUT2D eigenvalue weighted by atomic mass is 32.2. The summed E-state index contributed by atoms with van der Waals surface area (Å²) in [6, 6.07) is 3.44. The summed E-state index contributed by atoms with van der Waals surface area (Å²) in [5, 5.41) is 0.819. The number of aromatic nitrogens is 2. The molecular formula is C18H21F2N3O2S. The average molecular weight is 381 g/mol. The van der Waals surface area contributed by atoms with Crippen molar-refractivity contribution in [2.24, 2.45) is 11.7 Å². The van der Waals surface area contributed by atoms with Crippen LogP contribution >= 0.6 is 11.8 Å². The molecule has 0 atom stereocenters. The third-order valence-electron chi connectivity index (χ3n) is 4.10. The molecule has 1 fully saturated rings. The van der Waals surface area contributed by atoms with Crippen LogP contribution in [0.4, 0.5) is 13.6 Å². The van der Waals surface area contributed by atoms with Crippen molar-refractivity contribution in [2.45, 2.75) is 55.7 Å². The second-order valence-corrected chi connectivity index (χ2v) is 7.80. The lowest BCUT2D eigenvalue weighted by Crippen LogP contribution is -2.15. The molecule has 26 heavy (non-hydrogen) atoms. The van der Waals surface area contributed by atoms with Gasteiger partial charge in [-0.05, 0) is 36.8 Å². The second-order valence-electron chi connectivity index (χ2n) is 6.74. The van der Waals surface area contributed by atoms with Gasteiger partial charge in [-0.2, -0.15) is 0 Å². The summed E-state index contributed by atoms with van der Waals surface area (Å²) >= 11 is 1.27. The molecule has 0 aliphatic heterocycles. The largest absolute Gasteiger partial charge is 0.442 e. The monoisotopic (exact) mass is 381 g/mol. The van der Waals surface area contributed by atoms with Gasteiger partial charge in [-0.1, -0.05) is 25.6 Å². The lowest BCUT2D eigenvalue weighted by molar-refractivity contribution is 0.145.